The minimum atomic E-state index is -0.731. The molecule has 0 atom stereocenters. The predicted octanol–water partition coefficient (Wildman–Crippen LogP) is 4.21. The highest BCUT2D eigenvalue weighted by atomic mass is 35.5. The maximum atomic E-state index is 14.5. The summed E-state index contributed by atoms with van der Waals surface area (Å²) in [6.45, 7) is 1.19. The van der Waals surface area contributed by atoms with Gasteiger partial charge in [-0.1, -0.05) is 12.1 Å². The number of hydrogen-bond acceptors (Lipinski definition) is 7. The standard InChI is InChI=1S/C24H23F2N5O2.ClH/c1-33-19-5-4-13(10-18(19)26)20-22(14-2-3-15(12-27)17(25)11-14)30-24(21(29)23(20)32)31-8-6-16(28)7-9-31;/h2-5,10-11,16H,6-9,28-29H2,1H3,(H,30,32);1H. The number of nitrogen functional groups attached to an aromatic ring is 1. The molecule has 1 aliphatic heterocycles. The molecule has 2 heterocycles. The number of halogens is 3. The molecule has 0 radical (unpaired) electrons. The second-order valence-corrected chi connectivity index (χ2v) is 7.90. The van der Waals surface area contributed by atoms with Gasteiger partial charge in [0.15, 0.2) is 23.1 Å². The van der Waals surface area contributed by atoms with E-state index in [0.29, 0.717) is 24.5 Å². The fraction of sp³-hybridized carbons (Fsp3) is 0.250. The highest BCUT2D eigenvalue weighted by Gasteiger charge is 2.26. The number of nitriles is 1. The van der Waals surface area contributed by atoms with Crippen LogP contribution in [0.5, 0.6) is 11.5 Å². The Hall–Kier alpha value is -3.61. The number of nitrogens with zero attached hydrogens (tertiary/aromatic N) is 3. The Labute approximate surface area is 202 Å². The van der Waals surface area contributed by atoms with Gasteiger partial charge in [0.2, 0.25) is 0 Å². The van der Waals surface area contributed by atoms with Crippen molar-refractivity contribution in [3.63, 3.8) is 0 Å². The zero-order valence-electron chi connectivity index (χ0n) is 18.4. The molecule has 1 aliphatic rings. The molecule has 0 amide bonds. The molecule has 10 heteroatoms. The molecule has 34 heavy (non-hydrogen) atoms. The van der Waals surface area contributed by atoms with E-state index in [1.807, 2.05) is 4.90 Å². The lowest BCUT2D eigenvalue weighted by Gasteiger charge is -2.32. The smallest absolute Gasteiger partial charge is 0.165 e. The highest BCUT2D eigenvalue weighted by molar-refractivity contribution is 5.92. The van der Waals surface area contributed by atoms with Crippen molar-refractivity contribution in [1.29, 1.82) is 5.26 Å². The summed E-state index contributed by atoms with van der Waals surface area (Å²) in [5.74, 6) is -1.29. The van der Waals surface area contributed by atoms with Crippen LogP contribution in [0.15, 0.2) is 36.4 Å². The lowest BCUT2D eigenvalue weighted by molar-refractivity contribution is 0.386. The van der Waals surface area contributed by atoms with E-state index in [0.717, 1.165) is 18.9 Å². The van der Waals surface area contributed by atoms with E-state index in [-0.39, 0.29) is 58.0 Å². The summed E-state index contributed by atoms with van der Waals surface area (Å²) < 4.78 is 33.9. The van der Waals surface area contributed by atoms with Gasteiger partial charge in [-0.15, -0.1) is 12.4 Å². The molecule has 1 saturated heterocycles. The highest BCUT2D eigenvalue weighted by Crippen LogP contribution is 2.46. The van der Waals surface area contributed by atoms with Crippen molar-refractivity contribution in [2.75, 3.05) is 30.8 Å². The van der Waals surface area contributed by atoms with Gasteiger partial charge < -0.3 is 26.2 Å². The Morgan fingerprint density at radius 2 is 1.76 bits per heavy atom. The zero-order valence-corrected chi connectivity index (χ0v) is 19.2. The molecule has 5 N–H and O–H groups in total. The molecule has 2 aromatic carbocycles. The molecular weight excluding hydrogens is 464 g/mol. The molecule has 1 aromatic heterocycles. The van der Waals surface area contributed by atoms with Gasteiger partial charge in [0.1, 0.15) is 17.6 Å². The Morgan fingerprint density at radius 3 is 2.35 bits per heavy atom. The van der Waals surface area contributed by atoms with Crippen LogP contribution in [-0.2, 0) is 0 Å². The summed E-state index contributed by atoms with van der Waals surface area (Å²) >= 11 is 0. The summed E-state index contributed by atoms with van der Waals surface area (Å²) in [6, 6.07) is 10.0. The third kappa shape index (κ3) is 4.55. The first kappa shape index (κ1) is 25.0. The SMILES string of the molecule is COc1ccc(-c2c(-c3ccc(C#N)c(F)c3)nc(N3CCC(N)CC3)c(N)c2O)cc1F.Cl. The van der Waals surface area contributed by atoms with E-state index in [1.54, 1.807) is 12.1 Å². The first-order valence-corrected chi connectivity index (χ1v) is 10.4. The Morgan fingerprint density at radius 1 is 1.12 bits per heavy atom. The first-order chi connectivity index (χ1) is 15.8. The van der Waals surface area contributed by atoms with E-state index in [1.165, 1.54) is 31.4 Å². The summed E-state index contributed by atoms with van der Waals surface area (Å²) in [5, 5.41) is 20.2. The number of aromatic nitrogens is 1. The van der Waals surface area contributed by atoms with Crippen LogP contribution in [0.2, 0.25) is 0 Å². The van der Waals surface area contributed by atoms with Gasteiger partial charge in [0, 0.05) is 24.7 Å². The number of methoxy groups -OCH3 is 1. The number of ether oxygens (including phenoxy) is 1. The summed E-state index contributed by atoms with van der Waals surface area (Å²) in [4.78, 5) is 6.61. The number of benzene rings is 2. The van der Waals surface area contributed by atoms with Crippen LogP contribution in [0.25, 0.3) is 22.4 Å². The van der Waals surface area contributed by atoms with E-state index >= 15 is 0 Å². The van der Waals surface area contributed by atoms with Gasteiger partial charge >= 0.3 is 0 Å². The van der Waals surface area contributed by atoms with Gasteiger partial charge in [-0.05, 0) is 42.7 Å². The van der Waals surface area contributed by atoms with Gasteiger partial charge in [-0.3, -0.25) is 0 Å². The van der Waals surface area contributed by atoms with E-state index in [4.69, 9.17) is 26.5 Å². The van der Waals surface area contributed by atoms with Crippen molar-refractivity contribution >= 4 is 23.9 Å². The number of pyridine rings is 1. The largest absolute Gasteiger partial charge is 0.505 e. The first-order valence-electron chi connectivity index (χ1n) is 10.4. The van der Waals surface area contributed by atoms with Crippen LogP contribution >= 0.6 is 12.4 Å². The molecule has 0 aliphatic carbocycles. The average molecular weight is 488 g/mol. The molecule has 0 bridgehead atoms. The Kier molecular flexibility index (Phi) is 7.44. The fourth-order valence-corrected chi connectivity index (χ4v) is 3.98. The number of anilines is 2. The molecule has 1 fully saturated rings. The van der Waals surface area contributed by atoms with Crippen LogP contribution in [0.1, 0.15) is 18.4 Å². The molecule has 0 saturated carbocycles. The topological polar surface area (TPSA) is 121 Å². The maximum absolute atomic E-state index is 14.5. The van der Waals surface area contributed by atoms with Crippen molar-refractivity contribution in [2.45, 2.75) is 18.9 Å². The van der Waals surface area contributed by atoms with Crippen LogP contribution in [0.4, 0.5) is 20.3 Å². The fourth-order valence-electron chi connectivity index (χ4n) is 3.98. The van der Waals surface area contributed by atoms with Crippen molar-refractivity contribution in [3.05, 3.63) is 53.6 Å². The van der Waals surface area contributed by atoms with E-state index in [9.17, 15) is 13.9 Å². The lowest BCUT2D eigenvalue weighted by atomic mass is 9.96. The van der Waals surface area contributed by atoms with Gasteiger partial charge in [0.05, 0.1) is 23.9 Å². The van der Waals surface area contributed by atoms with Crippen molar-refractivity contribution in [1.82, 2.24) is 4.98 Å². The van der Waals surface area contributed by atoms with Crippen LogP contribution in [0, 0.1) is 23.0 Å². The lowest BCUT2D eigenvalue weighted by Crippen LogP contribution is -2.40. The third-order valence-electron chi connectivity index (χ3n) is 5.83. The minimum absolute atomic E-state index is 0. The molecule has 178 valence electrons. The second-order valence-electron chi connectivity index (χ2n) is 7.90. The van der Waals surface area contributed by atoms with Gasteiger partial charge in [-0.25, -0.2) is 13.8 Å². The summed E-state index contributed by atoms with van der Waals surface area (Å²) in [7, 11) is 1.35. The number of nitrogens with two attached hydrogens (primary N) is 2. The third-order valence-corrected chi connectivity index (χ3v) is 5.83. The maximum Gasteiger partial charge on any atom is 0.165 e. The molecule has 3 aromatic rings. The van der Waals surface area contributed by atoms with Crippen molar-refractivity contribution in [3.8, 4) is 40.0 Å². The van der Waals surface area contributed by atoms with Crippen LogP contribution < -0.4 is 21.1 Å². The molecule has 0 unspecified atom stereocenters. The molecule has 7 nitrogen and oxygen atoms in total. The number of hydrogen-bond donors (Lipinski definition) is 3. The zero-order chi connectivity index (χ0) is 23.7. The van der Waals surface area contributed by atoms with Crippen LogP contribution in [-0.4, -0.2) is 36.3 Å². The Balaban J connectivity index is 0.00000324. The van der Waals surface area contributed by atoms with Crippen LogP contribution in [0.3, 0.4) is 0 Å². The normalized spacial score (nSPS) is 13.8. The number of aromatic hydroxyl groups is 1. The Bertz CT molecular complexity index is 1260. The van der Waals surface area contributed by atoms with Crippen molar-refractivity contribution in [2.24, 2.45) is 5.73 Å². The number of rotatable bonds is 4. The molecular formula is C24H24ClF2N5O2. The van der Waals surface area contributed by atoms with E-state index < -0.39 is 11.6 Å². The quantitative estimate of drug-likeness (QED) is 0.504. The average Bonchev–Trinajstić information content (AvgIpc) is 2.81. The predicted molar refractivity (Wildman–Crippen MR) is 129 cm³/mol. The van der Waals surface area contributed by atoms with Crippen molar-refractivity contribution < 1.29 is 18.6 Å². The second kappa shape index (κ2) is 10.1. The van der Waals surface area contributed by atoms with Gasteiger partial charge in [0.25, 0.3) is 0 Å². The minimum Gasteiger partial charge on any atom is -0.505 e. The number of piperidine rings is 1. The summed E-state index contributed by atoms with van der Waals surface area (Å²) in [5.41, 5.74) is 13.2. The van der Waals surface area contributed by atoms with E-state index in [2.05, 4.69) is 0 Å². The molecule has 0 spiro atoms. The monoisotopic (exact) mass is 487 g/mol. The molecule has 4 rings (SSSR count). The summed E-state index contributed by atoms with van der Waals surface area (Å²) in [6.07, 6.45) is 1.46. The van der Waals surface area contributed by atoms with Gasteiger partial charge in [-0.2, -0.15) is 5.26 Å².